The molecule has 7 nitrogen and oxygen atoms in total. The summed E-state index contributed by atoms with van der Waals surface area (Å²) in [4.78, 5) is 12.3. The van der Waals surface area contributed by atoms with Crippen molar-refractivity contribution in [2.75, 3.05) is 32.4 Å². The first-order valence-corrected chi connectivity index (χ1v) is 10.2. The Kier molecular flexibility index (Phi) is 7.13. The van der Waals surface area contributed by atoms with Crippen LogP contribution in [0.15, 0.2) is 53.6 Å². The van der Waals surface area contributed by atoms with Gasteiger partial charge in [0.2, 0.25) is 5.91 Å². The van der Waals surface area contributed by atoms with Gasteiger partial charge in [-0.15, -0.1) is 10.2 Å². The molecule has 3 aromatic rings. The maximum atomic E-state index is 12.3. The summed E-state index contributed by atoms with van der Waals surface area (Å²) < 4.78 is 15.9. The van der Waals surface area contributed by atoms with E-state index in [1.165, 1.54) is 11.8 Å². The number of anilines is 1. The van der Waals surface area contributed by atoms with Crippen molar-refractivity contribution in [3.05, 3.63) is 54.1 Å². The van der Waals surface area contributed by atoms with Crippen LogP contribution < -0.4 is 19.5 Å². The Labute approximate surface area is 179 Å². The topological polar surface area (TPSA) is 82.6 Å². The first kappa shape index (κ1) is 21.4. The molecule has 0 saturated heterocycles. The zero-order valence-electron chi connectivity index (χ0n) is 17.3. The van der Waals surface area contributed by atoms with Crippen molar-refractivity contribution < 1.29 is 19.0 Å². The summed E-state index contributed by atoms with van der Waals surface area (Å²) in [5.74, 6) is 1.96. The van der Waals surface area contributed by atoms with Crippen LogP contribution in [-0.4, -0.2) is 43.2 Å². The highest BCUT2D eigenvalue weighted by Gasteiger charge is 2.11. The summed E-state index contributed by atoms with van der Waals surface area (Å²) in [5.41, 5.74) is 3.25. The number of carbonyl (C=O) groups excluding carboxylic acids is 1. The van der Waals surface area contributed by atoms with Crippen LogP contribution in [0.4, 0.5) is 5.69 Å². The van der Waals surface area contributed by atoms with Gasteiger partial charge in [-0.25, -0.2) is 0 Å². The molecule has 0 aliphatic heterocycles. The number of aromatic nitrogens is 2. The third kappa shape index (κ3) is 5.21. The van der Waals surface area contributed by atoms with Crippen molar-refractivity contribution >= 4 is 23.4 Å². The number of nitrogens with zero attached hydrogens (tertiary/aromatic N) is 2. The first-order valence-electron chi connectivity index (χ1n) is 9.17. The minimum absolute atomic E-state index is 0.144. The highest BCUT2D eigenvalue weighted by atomic mass is 32.2. The Morgan fingerprint density at radius 3 is 2.30 bits per heavy atom. The van der Waals surface area contributed by atoms with Gasteiger partial charge in [-0.05, 0) is 55.0 Å². The number of aryl methyl sites for hydroxylation is 1. The Bertz CT molecular complexity index is 1030. The molecule has 0 atom stereocenters. The molecule has 0 saturated carbocycles. The van der Waals surface area contributed by atoms with E-state index >= 15 is 0 Å². The SMILES string of the molecule is COc1ccc(C)cc1NC(=O)CSc1ccc(-c2ccc(OC)c(OC)c2)nn1. The minimum atomic E-state index is -0.144. The first-order chi connectivity index (χ1) is 14.5. The van der Waals surface area contributed by atoms with Gasteiger partial charge in [-0.2, -0.15) is 0 Å². The predicted octanol–water partition coefficient (Wildman–Crippen LogP) is 4.21. The molecule has 156 valence electrons. The molecule has 1 N–H and O–H groups in total. The lowest BCUT2D eigenvalue weighted by Crippen LogP contribution is -2.15. The zero-order chi connectivity index (χ0) is 21.5. The average molecular weight is 426 g/mol. The van der Waals surface area contributed by atoms with Gasteiger partial charge >= 0.3 is 0 Å². The third-order valence-electron chi connectivity index (χ3n) is 4.30. The largest absolute Gasteiger partial charge is 0.495 e. The number of methoxy groups -OCH3 is 3. The van der Waals surface area contributed by atoms with E-state index in [1.54, 1.807) is 21.3 Å². The lowest BCUT2D eigenvalue weighted by Gasteiger charge is -2.11. The molecule has 0 fully saturated rings. The Balaban J connectivity index is 1.62. The van der Waals surface area contributed by atoms with Crippen molar-refractivity contribution in [3.8, 4) is 28.5 Å². The Hall–Kier alpha value is -3.26. The van der Waals surface area contributed by atoms with Gasteiger partial charge in [0.05, 0.1) is 38.5 Å². The van der Waals surface area contributed by atoms with Gasteiger partial charge in [-0.3, -0.25) is 4.79 Å². The third-order valence-corrected chi connectivity index (χ3v) is 5.22. The standard InChI is InChI=1S/C22H23N3O4S/c1-14-5-8-18(27-2)17(11-14)23-21(26)13-30-22-10-7-16(24-25-22)15-6-9-19(28-3)20(12-15)29-4/h5-12H,13H2,1-4H3,(H,23,26). The van der Waals surface area contributed by atoms with Crippen molar-refractivity contribution in [1.29, 1.82) is 0 Å². The summed E-state index contributed by atoms with van der Waals surface area (Å²) in [6, 6.07) is 14.9. The molecule has 1 aromatic heterocycles. The van der Waals surface area contributed by atoms with Crippen molar-refractivity contribution in [2.24, 2.45) is 0 Å². The molecule has 30 heavy (non-hydrogen) atoms. The molecule has 0 aliphatic rings. The molecule has 0 spiro atoms. The molecule has 1 heterocycles. The van der Waals surface area contributed by atoms with Gasteiger partial charge in [0.15, 0.2) is 11.5 Å². The molecule has 0 aliphatic carbocycles. The number of rotatable bonds is 8. The monoisotopic (exact) mass is 425 g/mol. The fraction of sp³-hybridized carbons (Fsp3) is 0.227. The highest BCUT2D eigenvalue weighted by molar-refractivity contribution is 7.99. The van der Waals surface area contributed by atoms with E-state index in [1.807, 2.05) is 55.5 Å². The van der Waals surface area contributed by atoms with Crippen molar-refractivity contribution in [3.63, 3.8) is 0 Å². The van der Waals surface area contributed by atoms with E-state index in [0.717, 1.165) is 11.1 Å². The van der Waals surface area contributed by atoms with Gasteiger partial charge < -0.3 is 19.5 Å². The molecular formula is C22H23N3O4S. The predicted molar refractivity (Wildman–Crippen MR) is 118 cm³/mol. The van der Waals surface area contributed by atoms with E-state index in [-0.39, 0.29) is 11.7 Å². The van der Waals surface area contributed by atoms with Gasteiger partial charge in [0, 0.05) is 5.56 Å². The number of hydrogen-bond acceptors (Lipinski definition) is 7. The second-order valence-corrected chi connectivity index (χ2v) is 7.36. The fourth-order valence-electron chi connectivity index (χ4n) is 2.79. The second kappa shape index (κ2) is 9.98. The van der Waals surface area contributed by atoms with Crippen LogP contribution in [0, 0.1) is 6.92 Å². The number of ether oxygens (including phenoxy) is 3. The van der Waals surface area contributed by atoms with Gasteiger partial charge in [0.1, 0.15) is 10.8 Å². The second-order valence-electron chi connectivity index (χ2n) is 6.37. The van der Waals surface area contributed by atoms with Crippen molar-refractivity contribution in [2.45, 2.75) is 11.9 Å². The van der Waals surface area contributed by atoms with Crippen molar-refractivity contribution in [1.82, 2.24) is 10.2 Å². The summed E-state index contributed by atoms with van der Waals surface area (Å²) in [6.07, 6.45) is 0. The van der Waals surface area contributed by atoms with E-state index < -0.39 is 0 Å². The lowest BCUT2D eigenvalue weighted by atomic mass is 10.1. The fourth-order valence-corrected chi connectivity index (χ4v) is 3.41. The maximum Gasteiger partial charge on any atom is 0.234 e. The van der Waals surface area contributed by atoms with Crippen LogP contribution in [0.2, 0.25) is 0 Å². The molecule has 0 unspecified atom stereocenters. The minimum Gasteiger partial charge on any atom is -0.495 e. The van der Waals surface area contributed by atoms with E-state index in [2.05, 4.69) is 15.5 Å². The molecule has 0 bridgehead atoms. The quantitative estimate of drug-likeness (QED) is 0.541. The molecule has 0 radical (unpaired) electrons. The number of amides is 1. The normalized spacial score (nSPS) is 10.4. The molecule has 1 amide bonds. The Morgan fingerprint density at radius 2 is 1.63 bits per heavy atom. The van der Waals surface area contributed by atoms with Gasteiger partial charge in [-0.1, -0.05) is 17.8 Å². The summed E-state index contributed by atoms with van der Waals surface area (Å²) in [6.45, 7) is 1.96. The molecule has 2 aromatic carbocycles. The molecule has 8 heteroatoms. The number of thioether (sulfide) groups is 1. The van der Waals surface area contributed by atoms with Crippen LogP contribution in [0.3, 0.4) is 0 Å². The van der Waals surface area contributed by atoms with Crippen LogP contribution in [0.25, 0.3) is 11.3 Å². The van der Waals surface area contributed by atoms with Crippen LogP contribution in [-0.2, 0) is 4.79 Å². The van der Waals surface area contributed by atoms with E-state index in [9.17, 15) is 4.79 Å². The average Bonchev–Trinajstić information content (AvgIpc) is 2.77. The molecular weight excluding hydrogens is 402 g/mol. The summed E-state index contributed by atoms with van der Waals surface area (Å²) >= 11 is 1.31. The smallest absolute Gasteiger partial charge is 0.234 e. The summed E-state index contributed by atoms with van der Waals surface area (Å²) in [7, 11) is 4.75. The summed E-state index contributed by atoms with van der Waals surface area (Å²) in [5, 5.41) is 12.0. The highest BCUT2D eigenvalue weighted by Crippen LogP contribution is 2.31. The van der Waals surface area contributed by atoms with Gasteiger partial charge in [0.25, 0.3) is 0 Å². The van der Waals surface area contributed by atoms with Crippen LogP contribution in [0.5, 0.6) is 17.2 Å². The van der Waals surface area contributed by atoms with E-state index in [0.29, 0.717) is 33.7 Å². The maximum absolute atomic E-state index is 12.3. The van der Waals surface area contributed by atoms with Crippen LogP contribution in [0.1, 0.15) is 5.56 Å². The number of carbonyl (C=O) groups is 1. The number of benzene rings is 2. The zero-order valence-corrected chi connectivity index (χ0v) is 18.1. The number of hydrogen-bond donors (Lipinski definition) is 1. The Morgan fingerprint density at radius 1 is 0.900 bits per heavy atom. The lowest BCUT2D eigenvalue weighted by molar-refractivity contribution is -0.113. The number of nitrogens with one attached hydrogen (secondary N) is 1. The molecule has 3 rings (SSSR count). The van der Waals surface area contributed by atoms with Crippen LogP contribution >= 0.6 is 11.8 Å². The van der Waals surface area contributed by atoms with E-state index in [4.69, 9.17) is 14.2 Å².